The highest BCUT2D eigenvalue weighted by atomic mass is 31.2. The van der Waals surface area contributed by atoms with Crippen molar-refractivity contribution in [1.29, 1.82) is 0 Å². The van der Waals surface area contributed by atoms with Crippen LogP contribution < -0.4 is 10.9 Å². The van der Waals surface area contributed by atoms with E-state index in [1.165, 1.54) is 4.68 Å². The largest absolute Gasteiger partial charge is 0.385 e. The summed E-state index contributed by atoms with van der Waals surface area (Å²) in [5, 5.41) is 19.7. The average molecular weight is 705 g/mol. The summed E-state index contributed by atoms with van der Waals surface area (Å²) in [6.45, 7) is -0.705. The van der Waals surface area contributed by atoms with E-state index in [-0.39, 0.29) is 5.65 Å². The summed E-state index contributed by atoms with van der Waals surface area (Å²) < 4.78 is 93.3. The normalized spacial score (nSPS) is 37.3. The number of alkyl halides is 1. The summed E-state index contributed by atoms with van der Waals surface area (Å²) in [4.78, 5) is 22.7. The molecule has 8 rings (SSSR count). The number of pyridine rings is 1. The van der Waals surface area contributed by atoms with E-state index in [9.17, 15) is 23.4 Å². The molecule has 48 heavy (non-hydrogen) atoms. The van der Waals surface area contributed by atoms with Gasteiger partial charge in [0.2, 0.25) is 15.1 Å². The highest BCUT2D eigenvalue weighted by Crippen LogP contribution is 2.54. The first-order valence-electron chi connectivity index (χ1n) is 14.8. The SMILES string of the molecule is [B]P1(=O)OC[C@H]2O[C@@H](n3cc(F)c4c(=O)[nH]cnc43)C(F)[C@H]2OP([B])(=O)OC[C@H]2O[C@@H](n3nc4c5c(ccnc53)NCCC4)[C@@H](O)C2O1. The zero-order valence-electron chi connectivity index (χ0n) is 24.6. The van der Waals surface area contributed by atoms with Gasteiger partial charge >= 0.3 is 0 Å². The molecule has 4 aromatic rings. The molecule has 0 bridgehead atoms. The van der Waals surface area contributed by atoms with Crippen molar-refractivity contribution in [3.63, 3.8) is 0 Å². The number of hydrogen-bond acceptors (Lipinski definition) is 14. The smallest absolute Gasteiger partial charge is 0.264 e. The summed E-state index contributed by atoms with van der Waals surface area (Å²) in [5.41, 5.74) is 0.839. The van der Waals surface area contributed by atoms with Gasteiger partial charge in [-0.3, -0.25) is 18.5 Å². The van der Waals surface area contributed by atoms with Gasteiger partial charge < -0.3 is 43.0 Å². The van der Waals surface area contributed by atoms with E-state index in [1.54, 1.807) is 12.3 Å². The fourth-order valence-electron chi connectivity index (χ4n) is 6.48. The lowest BCUT2D eigenvalue weighted by atomic mass is 10.1. The van der Waals surface area contributed by atoms with Gasteiger partial charge in [-0.05, 0) is 18.9 Å². The van der Waals surface area contributed by atoms with Crippen LogP contribution in [0.5, 0.6) is 0 Å². The Morgan fingerprint density at radius 2 is 1.71 bits per heavy atom. The molecule has 0 saturated carbocycles. The molecule has 3 saturated heterocycles. The zero-order valence-corrected chi connectivity index (χ0v) is 26.4. The molecule has 4 radical (unpaired) electrons. The fourth-order valence-corrected chi connectivity index (χ4v) is 8.50. The van der Waals surface area contributed by atoms with E-state index in [4.69, 9.17) is 42.7 Å². The Morgan fingerprint density at radius 1 is 1.00 bits per heavy atom. The number of anilines is 1. The number of fused-ring (bicyclic) bond motifs is 3. The van der Waals surface area contributed by atoms with Gasteiger partial charge in [0, 0.05) is 24.6 Å². The second-order valence-corrected chi connectivity index (χ2v) is 14.8. The van der Waals surface area contributed by atoms with E-state index >= 15 is 4.39 Å². The Balaban J connectivity index is 1.08. The molecular weight excluding hydrogens is 680 g/mol. The number of ether oxygens (including phenoxy) is 2. The van der Waals surface area contributed by atoms with Crippen molar-refractivity contribution in [2.24, 2.45) is 0 Å². The number of aliphatic hydroxyl groups excluding tert-OH is 1. The lowest BCUT2D eigenvalue weighted by Gasteiger charge is -2.30. The number of nitrogens with zero attached hydrogens (tertiary/aromatic N) is 5. The Hall–Kier alpha value is -2.99. The first-order valence-corrected chi connectivity index (χ1v) is 18.0. The lowest BCUT2D eigenvalue weighted by Crippen LogP contribution is -2.38. The van der Waals surface area contributed by atoms with Crippen LogP contribution in [-0.4, -0.2) is 106 Å². The van der Waals surface area contributed by atoms with Crippen LogP contribution >= 0.6 is 14.9 Å². The standard InChI is InChI=1S/C25H25B2F2N7O10P2/c26-47(39)42-8-14-20(18(37)25(44-14)36-22-16-11(3-5-31-22)30-4-1-2-12(16)34-36)46-48(27,40)41-7-13-19(45-47)17(29)24(43-13)35-6-10(28)15-21(35)32-9-33-23(15)38/h3,5-6,9,13-14,17-20,24-25,30,37H,1-2,4,7-8H2,(H,32,33,38)/t13-,14-,17?,18+,19+,20?,24-,25-,47?,48?/m1/s1. The zero-order chi connectivity index (χ0) is 33.5. The molecule has 0 aromatic carbocycles. The first kappa shape index (κ1) is 32.2. The molecule has 17 nitrogen and oxygen atoms in total. The number of halogens is 2. The Kier molecular flexibility index (Phi) is 7.93. The maximum absolute atomic E-state index is 16.0. The van der Waals surface area contributed by atoms with Gasteiger partial charge in [-0.1, -0.05) is 0 Å². The fraction of sp³-hybridized carbons (Fsp3) is 0.520. The number of nitrogens with one attached hydrogen (secondary N) is 2. The molecule has 0 spiro atoms. The lowest BCUT2D eigenvalue weighted by molar-refractivity contribution is -0.0592. The summed E-state index contributed by atoms with van der Waals surface area (Å²) in [6.07, 6.45) is -8.12. The summed E-state index contributed by atoms with van der Waals surface area (Å²) in [5.74, 6) is -1.01. The van der Waals surface area contributed by atoms with Crippen LogP contribution in [0.1, 0.15) is 24.6 Å². The molecule has 4 aliphatic heterocycles. The molecular formula is C25H25B2F2N7O10P2. The second kappa shape index (κ2) is 11.8. The number of aromatic nitrogens is 6. The molecule has 23 heteroatoms. The summed E-state index contributed by atoms with van der Waals surface area (Å²) in [6, 6.07) is 1.81. The monoisotopic (exact) mass is 705 g/mol. The number of aryl methyl sites for hydroxylation is 1. The van der Waals surface area contributed by atoms with Crippen LogP contribution in [0.2, 0.25) is 0 Å². The van der Waals surface area contributed by atoms with E-state index in [0.29, 0.717) is 17.8 Å². The Morgan fingerprint density at radius 3 is 2.48 bits per heavy atom. The number of aromatic amines is 1. The van der Waals surface area contributed by atoms with Crippen LogP contribution in [-0.2, 0) is 43.1 Å². The van der Waals surface area contributed by atoms with Gasteiger partial charge in [0.15, 0.2) is 35.7 Å². The first-order chi connectivity index (χ1) is 22.9. The molecule has 4 aromatic heterocycles. The van der Waals surface area contributed by atoms with Crippen LogP contribution in [0.3, 0.4) is 0 Å². The van der Waals surface area contributed by atoms with Crippen molar-refractivity contribution in [3.05, 3.63) is 46.7 Å². The third kappa shape index (κ3) is 5.45. The molecule has 3 N–H and O–H groups in total. The molecule has 0 aliphatic carbocycles. The highest BCUT2D eigenvalue weighted by Gasteiger charge is 2.53. The summed E-state index contributed by atoms with van der Waals surface area (Å²) >= 11 is 0. The predicted molar refractivity (Wildman–Crippen MR) is 162 cm³/mol. The number of hydrogen-bond donors (Lipinski definition) is 3. The van der Waals surface area contributed by atoms with Gasteiger partial charge in [0.1, 0.15) is 35.9 Å². The second-order valence-electron chi connectivity index (χ2n) is 11.7. The van der Waals surface area contributed by atoms with Crippen molar-refractivity contribution >= 4 is 57.8 Å². The molecule has 8 heterocycles. The van der Waals surface area contributed by atoms with Crippen LogP contribution in [0, 0.1) is 5.82 Å². The Labute approximate surface area is 271 Å². The molecule has 3 fully saturated rings. The summed E-state index contributed by atoms with van der Waals surface area (Å²) in [7, 11) is 2.57. The minimum absolute atomic E-state index is 0.257. The van der Waals surface area contributed by atoms with Crippen molar-refractivity contribution < 1.29 is 50.6 Å². The molecule has 0 amide bonds. The number of rotatable bonds is 2. The molecule has 4 unspecified atom stereocenters. The van der Waals surface area contributed by atoms with E-state index in [1.807, 2.05) is 0 Å². The van der Waals surface area contributed by atoms with Crippen LogP contribution in [0.25, 0.3) is 22.1 Å². The molecule has 250 valence electrons. The molecule has 10 atom stereocenters. The highest BCUT2D eigenvalue weighted by molar-refractivity contribution is 7.79. The third-order valence-electron chi connectivity index (χ3n) is 8.61. The van der Waals surface area contributed by atoms with Gasteiger partial charge in [-0.2, -0.15) is 5.10 Å². The van der Waals surface area contributed by atoms with E-state index in [2.05, 4.69) is 25.4 Å². The number of aliphatic hydroxyl groups is 1. The molecule has 4 aliphatic rings. The topological polar surface area (TPSA) is 203 Å². The van der Waals surface area contributed by atoms with Gasteiger partial charge in [0.25, 0.3) is 20.5 Å². The van der Waals surface area contributed by atoms with Crippen molar-refractivity contribution in [3.8, 4) is 0 Å². The van der Waals surface area contributed by atoms with Crippen LogP contribution in [0.4, 0.5) is 14.5 Å². The van der Waals surface area contributed by atoms with E-state index in [0.717, 1.165) is 41.1 Å². The van der Waals surface area contributed by atoms with E-state index < -0.39 is 94.1 Å². The number of H-pyrrole nitrogens is 1. The van der Waals surface area contributed by atoms with Gasteiger partial charge in [0.05, 0.1) is 30.6 Å². The third-order valence-corrected chi connectivity index (χ3v) is 10.7. The van der Waals surface area contributed by atoms with Crippen LogP contribution in [0.15, 0.2) is 29.6 Å². The minimum atomic E-state index is -4.64. The van der Waals surface area contributed by atoms with Gasteiger partial charge in [-0.15, -0.1) is 0 Å². The quantitative estimate of drug-likeness (QED) is 0.200. The van der Waals surface area contributed by atoms with Crippen molar-refractivity contribution in [2.45, 2.75) is 62.0 Å². The average Bonchev–Trinajstić information content (AvgIpc) is 3.70. The van der Waals surface area contributed by atoms with Crippen molar-refractivity contribution in [1.82, 2.24) is 29.3 Å². The maximum Gasteiger partial charge on any atom is 0.264 e. The predicted octanol–water partition coefficient (Wildman–Crippen LogP) is 1.53. The van der Waals surface area contributed by atoms with Crippen molar-refractivity contribution in [2.75, 3.05) is 25.1 Å². The Bertz CT molecular complexity index is 2070. The maximum atomic E-state index is 16.0. The minimum Gasteiger partial charge on any atom is -0.385 e. The van der Waals surface area contributed by atoms with Gasteiger partial charge in [-0.25, -0.2) is 23.4 Å².